The van der Waals surface area contributed by atoms with E-state index in [9.17, 15) is 9.41 Å². The van der Waals surface area contributed by atoms with Crippen LogP contribution in [-0.4, -0.2) is 22.0 Å². The number of nitrogens with zero attached hydrogens (tertiary/aromatic N) is 2. The first-order chi connectivity index (χ1) is 9.04. The monoisotopic (exact) mass is 280 g/mol. The van der Waals surface area contributed by atoms with Gasteiger partial charge in [0, 0.05) is 11.4 Å². The third-order valence-corrected chi connectivity index (χ3v) is 2.40. The second kappa shape index (κ2) is 5.86. The molecule has 1 heterocycles. The van der Waals surface area contributed by atoms with Gasteiger partial charge in [-0.05, 0) is 36.6 Å². The van der Waals surface area contributed by atoms with Gasteiger partial charge >= 0.3 is 7.05 Å². The fourth-order valence-corrected chi connectivity index (χ4v) is 1.63. The number of nitrogens with one attached hydrogen (secondary N) is 2. The summed E-state index contributed by atoms with van der Waals surface area (Å²) in [7, 11) is -0.680. The highest BCUT2D eigenvalue weighted by atomic mass is 35.5. The summed E-state index contributed by atoms with van der Waals surface area (Å²) in [6.45, 7) is 1.60. The van der Waals surface area contributed by atoms with E-state index in [4.69, 9.17) is 11.6 Å². The van der Waals surface area contributed by atoms with Crippen molar-refractivity contribution in [2.24, 2.45) is 0 Å². The first-order valence-electron chi connectivity index (χ1n) is 5.54. The lowest BCUT2D eigenvalue weighted by Gasteiger charge is -2.10. The van der Waals surface area contributed by atoms with Gasteiger partial charge in [-0.25, -0.2) is 9.37 Å². The molecule has 0 aliphatic heterocycles. The Bertz CT molecular complexity index is 584. The van der Waals surface area contributed by atoms with Gasteiger partial charge in [0.1, 0.15) is 0 Å². The van der Waals surface area contributed by atoms with Gasteiger partial charge in [-0.2, -0.15) is 4.98 Å². The summed E-state index contributed by atoms with van der Waals surface area (Å²) in [6.07, 6.45) is 0.996. The molecule has 19 heavy (non-hydrogen) atoms. The van der Waals surface area contributed by atoms with Crippen LogP contribution in [-0.2, 0) is 0 Å². The van der Waals surface area contributed by atoms with Crippen LogP contribution in [0.4, 0.5) is 21.6 Å². The molecule has 2 rings (SSSR count). The normalized spacial score (nSPS) is 10.1. The molecule has 8 heteroatoms. The minimum atomic E-state index is -0.680. The summed E-state index contributed by atoms with van der Waals surface area (Å²) in [5.41, 5.74) is 1.31. The number of halogens is 2. The number of rotatable bonds is 4. The van der Waals surface area contributed by atoms with Gasteiger partial charge in [-0.3, -0.25) is 0 Å². The predicted octanol–water partition coefficient (Wildman–Crippen LogP) is 2.53. The maximum absolute atomic E-state index is 13.5. The van der Waals surface area contributed by atoms with E-state index in [-0.39, 0.29) is 11.1 Å². The van der Waals surface area contributed by atoms with Crippen molar-refractivity contribution >= 4 is 35.8 Å². The van der Waals surface area contributed by atoms with Crippen molar-refractivity contribution in [3.63, 3.8) is 0 Å². The minimum Gasteiger partial charge on any atom is -0.433 e. The molecular formula is C11H11BClFN4O. The number of anilines is 3. The van der Waals surface area contributed by atoms with Crippen molar-refractivity contribution in [2.75, 3.05) is 10.5 Å². The summed E-state index contributed by atoms with van der Waals surface area (Å²) in [5, 5.41) is 14.8. The molecule has 0 saturated carbocycles. The molecule has 2 aromatic rings. The minimum absolute atomic E-state index is 0.00537. The summed E-state index contributed by atoms with van der Waals surface area (Å²) < 4.78 is 13.5. The lowest BCUT2D eigenvalue weighted by Crippen LogP contribution is -2.19. The number of benzene rings is 1. The second-order valence-corrected chi connectivity index (χ2v) is 4.20. The molecule has 1 aromatic carbocycles. The lowest BCUT2D eigenvalue weighted by molar-refractivity contribution is 0.587. The zero-order valence-electron chi connectivity index (χ0n) is 10.1. The van der Waals surface area contributed by atoms with Crippen LogP contribution in [0.3, 0.4) is 0 Å². The van der Waals surface area contributed by atoms with Gasteiger partial charge in [0.25, 0.3) is 0 Å². The molecule has 0 amide bonds. The zero-order chi connectivity index (χ0) is 13.8. The molecule has 5 nitrogen and oxygen atoms in total. The Hall–Kier alpha value is -1.86. The van der Waals surface area contributed by atoms with Gasteiger partial charge in [0.2, 0.25) is 5.28 Å². The van der Waals surface area contributed by atoms with Gasteiger partial charge in [0.05, 0.1) is 6.20 Å². The van der Waals surface area contributed by atoms with Crippen molar-refractivity contribution in [1.29, 1.82) is 0 Å². The zero-order valence-corrected chi connectivity index (χ0v) is 10.8. The van der Waals surface area contributed by atoms with Crippen LogP contribution in [0.5, 0.6) is 0 Å². The smallest absolute Gasteiger partial charge is 0.406 e. The van der Waals surface area contributed by atoms with E-state index in [1.807, 2.05) is 0 Å². The number of aromatic nitrogens is 2. The summed E-state index contributed by atoms with van der Waals surface area (Å²) in [5.74, 6) is -0.604. The third kappa shape index (κ3) is 3.80. The molecular weight excluding hydrogens is 269 g/mol. The number of hydrogen-bond donors (Lipinski definition) is 3. The predicted molar refractivity (Wildman–Crippen MR) is 74.2 cm³/mol. The van der Waals surface area contributed by atoms with E-state index >= 15 is 0 Å². The Labute approximate surface area is 115 Å². The highest BCUT2D eigenvalue weighted by molar-refractivity contribution is 6.52. The molecule has 0 aliphatic rings. The van der Waals surface area contributed by atoms with E-state index in [0.29, 0.717) is 11.4 Å². The molecule has 0 radical (unpaired) electrons. The quantitative estimate of drug-likeness (QED) is 0.593. The fourth-order valence-electron chi connectivity index (χ4n) is 1.50. The van der Waals surface area contributed by atoms with Gasteiger partial charge < -0.3 is 15.6 Å². The topological polar surface area (TPSA) is 70.1 Å². The standard InChI is InChI=1S/C11H11BClFN4O/c1-12(19)18-8-4-2-3-7(5-8)16-10-9(14)6-15-11(13)17-10/h2-6,18-19H,1H3,(H,15,16,17). The first-order valence-corrected chi connectivity index (χ1v) is 5.92. The van der Waals surface area contributed by atoms with E-state index in [1.165, 1.54) is 0 Å². The van der Waals surface area contributed by atoms with Crippen LogP contribution >= 0.6 is 11.6 Å². The highest BCUT2D eigenvalue weighted by Crippen LogP contribution is 2.21. The third-order valence-electron chi connectivity index (χ3n) is 2.22. The Morgan fingerprint density at radius 2 is 2.11 bits per heavy atom. The Morgan fingerprint density at radius 3 is 2.84 bits per heavy atom. The van der Waals surface area contributed by atoms with Gasteiger partial charge in [-0.1, -0.05) is 6.07 Å². The second-order valence-electron chi connectivity index (χ2n) is 3.86. The number of hydrogen-bond acceptors (Lipinski definition) is 5. The SMILES string of the molecule is CB(O)Nc1cccc(Nc2nc(Cl)ncc2F)c1. The van der Waals surface area contributed by atoms with Crippen molar-refractivity contribution in [3.8, 4) is 0 Å². The van der Waals surface area contributed by atoms with Crippen LogP contribution < -0.4 is 10.5 Å². The van der Waals surface area contributed by atoms with Crippen molar-refractivity contribution in [1.82, 2.24) is 9.97 Å². The van der Waals surface area contributed by atoms with Crippen LogP contribution in [0.15, 0.2) is 30.5 Å². The molecule has 0 aliphatic carbocycles. The van der Waals surface area contributed by atoms with E-state index in [2.05, 4.69) is 20.5 Å². The molecule has 0 unspecified atom stereocenters. The molecule has 0 atom stereocenters. The summed E-state index contributed by atoms with van der Waals surface area (Å²) in [6, 6.07) is 6.99. The molecule has 3 N–H and O–H groups in total. The fraction of sp³-hybridized carbons (Fsp3) is 0.0909. The van der Waals surface area contributed by atoms with Gasteiger partial charge in [0.15, 0.2) is 11.6 Å². The molecule has 1 aromatic heterocycles. The molecule has 0 spiro atoms. The van der Waals surface area contributed by atoms with Gasteiger partial charge in [-0.15, -0.1) is 0 Å². The van der Waals surface area contributed by atoms with Crippen LogP contribution in [0.2, 0.25) is 12.1 Å². The van der Waals surface area contributed by atoms with Crippen molar-refractivity contribution in [3.05, 3.63) is 41.6 Å². The molecule has 0 bridgehead atoms. The van der Waals surface area contributed by atoms with Crippen molar-refractivity contribution in [2.45, 2.75) is 6.82 Å². The Morgan fingerprint density at radius 1 is 1.37 bits per heavy atom. The summed E-state index contributed by atoms with van der Waals surface area (Å²) >= 11 is 5.61. The largest absolute Gasteiger partial charge is 0.433 e. The van der Waals surface area contributed by atoms with E-state index in [0.717, 1.165) is 6.20 Å². The average Bonchev–Trinajstić information content (AvgIpc) is 2.33. The Kier molecular flexibility index (Phi) is 4.18. The van der Waals surface area contributed by atoms with E-state index < -0.39 is 12.9 Å². The average molecular weight is 280 g/mol. The highest BCUT2D eigenvalue weighted by Gasteiger charge is 2.07. The van der Waals surface area contributed by atoms with Crippen LogP contribution in [0, 0.1) is 5.82 Å². The molecule has 0 saturated heterocycles. The van der Waals surface area contributed by atoms with Crippen molar-refractivity contribution < 1.29 is 9.41 Å². The van der Waals surface area contributed by atoms with Crippen LogP contribution in [0.1, 0.15) is 0 Å². The summed E-state index contributed by atoms with van der Waals surface area (Å²) in [4.78, 5) is 7.29. The van der Waals surface area contributed by atoms with E-state index in [1.54, 1.807) is 31.1 Å². The molecule has 98 valence electrons. The lowest BCUT2D eigenvalue weighted by atomic mass is 9.88. The maximum atomic E-state index is 13.5. The maximum Gasteiger partial charge on any atom is 0.406 e. The first kappa shape index (κ1) is 13.6. The Balaban J connectivity index is 2.21. The molecule has 0 fully saturated rings. The van der Waals surface area contributed by atoms with Crippen LogP contribution in [0.25, 0.3) is 0 Å².